The molecule has 0 saturated heterocycles. The molecule has 9 heteroatoms. The van der Waals surface area contributed by atoms with Crippen LogP contribution < -0.4 is 14.2 Å². The van der Waals surface area contributed by atoms with Gasteiger partial charge in [-0.05, 0) is 18.2 Å². The number of H-pyrrole nitrogens is 1. The molecule has 0 radical (unpaired) electrons. The first-order valence-corrected chi connectivity index (χ1v) is 8.66. The van der Waals surface area contributed by atoms with Crippen molar-refractivity contribution in [1.29, 1.82) is 0 Å². The summed E-state index contributed by atoms with van der Waals surface area (Å²) in [4.78, 5) is 33.1. The molecule has 0 fully saturated rings. The van der Waals surface area contributed by atoms with E-state index in [0.29, 0.717) is 50.0 Å². The van der Waals surface area contributed by atoms with Crippen molar-refractivity contribution in [3.8, 4) is 17.2 Å². The summed E-state index contributed by atoms with van der Waals surface area (Å²) in [5.74, 6) is -0.616. The van der Waals surface area contributed by atoms with Gasteiger partial charge in [0, 0.05) is 22.4 Å². The molecular formula is C20H15N3O6. The van der Waals surface area contributed by atoms with Crippen LogP contribution in [-0.2, 0) is 0 Å². The average molecular weight is 393 g/mol. The van der Waals surface area contributed by atoms with Crippen molar-refractivity contribution in [2.45, 2.75) is 0 Å². The maximum atomic E-state index is 12.8. The predicted octanol–water partition coefficient (Wildman–Crippen LogP) is 2.88. The predicted molar refractivity (Wildman–Crippen MR) is 103 cm³/mol. The van der Waals surface area contributed by atoms with Crippen molar-refractivity contribution in [3.05, 3.63) is 35.5 Å². The van der Waals surface area contributed by atoms with Crippen LogP contribution in [0, 0.1) is 0 Å². The van der Waals surface area contributed by atoms with Gasteiger partial charge >= 0.3 is 0 Å². The molecule has 5 rings (SSSR count). The van der Waals surface area contributed by atoms with Crippen molar-refractivity contribution >= 4 is 44.5 Å². The number of ether oxygens (including phenoxy) is 3. The number of rotatable bonds is 3. The average Bonchev–Trinajstić information content (AvgIpc) is 3.23. The minimum absolute atomic E-state index is 0.0732. The zero-order chi connectivity index (χ0) is 20.4. The van der Waals surface area contributed by atoms with Crippen LogP contribution in [0.5, 0.6) is 17.2 Å². The molecule has 2 amide bonds. The van der Waals surface area contributed by atoms with Crippen LogP contribution in [-0.4, -0.2) is 53.4 Å². The first-order chi connectivity index (χ1) is 14.0. The quantitative estimate of drug-likeness (QED) is 0.406. The van der Waals surface area contributed by atoms with Gasteiger partial charge in [0.1, 0.15) is 5.65 Å². The number of methoxy groups -OCH3 is 3. The molecule has 9 nitrogen and oxygen atoms in total. The standard InChI is InChI=1S/C20H15N3O6/c1-27-10-7-9-12-14(20(25)23(26)19(12)24)11-8-5-4-6-21-18(8)22-15(11)13(9)17(29-3)16(10)28-2/h4-7,26H,1-3H3,(H,21,22). The van der Waals surface area contributed by atoms with Gasteiger partial charge in [0.2, 0.25) is 5.75 Å². The molecular weight excluding hydrogens is 378 g/mol. The van der Waals surface area contributed by atoms with Gasteiger partial charge in [-0.3, -0.25) is 14.8 Å². The van der Waals surface area contributed by atoms with E-state index in [2.05, 4.69) is 9.97 Å². The van der Waals surface area contributed by atoms with E-state index < -0.39 is 11.8 Å². The monoisotopic (exact) mass is 393 g/mol. The van der Waals surface area contributed by atoms with Gasteiger partial charge in [0.05, 0.1) is 43.4 Å². The van der Waals surface area contributed by atoms with Gasteiger partial charge in [0.15, 0.2) is 11.5 Å². The summed E-state index contributed by atoms with van der Waals surface area (Å²) in [6.45, 7) is 0. The molecule has 3 heterocycles. The van der Waals surface area contributed by atoms with E-state index in [-0.39, 0.29) is 16.2 Å². The normalized spacial score (nSPS) is 13.6. The highest BCUT2D eigenvalue weighted by Crippen LogP contribution is 2.50. The Kier molecular flexibility index (Phi) is 3.47. The van der Waals surface area contributed by atoms with E-state index >= 15 is 0 Å². The van der Waals surface area contributed by atoms with Crippen molar-refractivity contribution < 1.29 is 29.0 Å². The summed E-state index contributed by atoms with van der Waals surface area (Å²) in [7, 11) is 4.41. The number of aromatic nitrogens is 2. The zero-order valence-corrected chi connectivity index (χ0v) is 15.7. The fourth-order valence-corrected chi connectivity index (χ4v) is 4.07. The van der Waals surface area contributed by atoms with E-state index in [1.165, 1.54) is 21.3 Å². The number of nitrogens with one attached hydrogen (secondary N) is 1. The summed E-state index contributed by atoms with van der Waals surface area (Å²) in [6.07, 6.45) is 1.62. The van der Waals surface area contributed by atoms with Crippen LogP contribution in [0.15, 0.2) is 24.4 Å². The number of carbonyl (C=O) groups is 2. The third-order valence-electron chi connectivity index (χ3n) is 5.23. The van der Waals surface area contributed by atoms with Crippen molar-refractivity contribution in [1.82, 2.24) is 15.0 Å². The van der Waals surface area contributed by atoms with Gasteiger partial charge in [-0.15, -0.1) is 5.06 Å². The molecule has 0 saturated carbocycles. The van der Waals surface area contributed by atoms with Crippen LogP contribution >= 0.6 is 0 Å². The number of amides is 2. The molecule has 2 aromatic carbocycles. The number of pyridine rings is 1. The lowest BCUT2D eigenvalue weighted by Crippen LogP contribution is -2.25. The van der Waals surface area contributed by atoms with Crippen LogP contribution in [0.1, 0.15) is 20.7 Å². The number of carbonyl (C=O) groups excluding carboxylic acids is 2. The molecule has 0 unspecified atom stereocenters. The fourth-order valence-electron chi connectivity index (χ4n) is 4.07. The second kappa shape index (κ2) is 5.82. The Morgan fingerprint density at radius 3 is 2.38 bits per heavy atom. The highest BCUT2D eigenvalue weighted by atomic mass is 16.5. The van der Waals surface area contributed by atoms with E-state index in [4.69, 9.17) is 14.2 Å². The molecule has 4 aromatic rings. The third kappa shape index (κ3) is 1.99. The molecule has 0 spiro atoms. The number of hydrogen-bond donors (Lipinski definition) is 2. The van der Waals surface area contributed by atoms with Crippen LogP contribution in [0.2, 0.25) is 0 Å². The maximum Gasteiger partial charge on any atom is 0.286 e. The highest BCUT2D eigenvalue weighted by molar-refractivity contribution is 6.36. The number of fused-ring (bicyclic) bond motifs is 8. The van der Waals surface area contributed by atoms with Gasteiger partial charge in [-0.2, -0.15) is 0 Å². The van der Waals surface area contributed by atoms with E-state index in [0.717, 1.165) is 0 Å². The molecule has 2 N–H and O–H groups in total. The fraction of sp³-hybridized carbons (Fsp3) is 0.150. The Morgan fingerprint density at radius 1 is 0.966 bits per heavy atom. The first-order valence-electron chi connectivity index (χ1n) is 8.66. The second-order valence-electron chi connectivity index (χ2n) is 6.51. The summed E-state index contributed by atoms with van der Waals surface area (Å²) in [5.41, 5.74) is 1.25. The van der Waals surface area contributed by atoms with Gasteiger partial charge in [-0.1, -0.05) is 0 Å². The van der Waals surface area contributed by atoms with E-state index in [9.17, 15) is 14.8 Å². The summed E-state index contributed by atoms with van der Waals surface area (Å²) in [5, 5.41) is 12.3. The van der Waals surface area contributed by atoms with Gasteiger partial charge < -0.3 is 19.2 Å². The largest absolute Gasteiger partial charge is 0.493 e. The smallest absolute Gasteiger partial charge is 0.286 e. The Balaban J connectivity index is 2.15. The third-order valence-corrected chi connectivity index (χ3v) is 5.23. The molecule has 1 aliphatic rings. The van der Waals surface area contributed by atoms with Crippen LogP contribution in [0.25, 0.3) is 32.7 Å². The Bertz CT molecular complexity index is 1370. The summed E-state index contributed by atoms with van der Waals surface area (Å²) >= 11 is 0. The molecule has 0 atom stereocenters. The Morgan fingerprint density at radius 2 is 1.69 bits per heavy atom. The Labute approximate surface area is 163 Å². The van der Waals surface area contributed by atoms with Gasteiger partial charge in [0.25, 0.3) is 11.8 Å². The molecule has 1 aliphatic heterocycles. The molecule has 0 aliphatic carbocycles. The number of nitrogens with zero attached hydrogens (tertiary/aromatic N) is 2. The number of hydrogen-bond acceptors (Lipinski definition) is 7. The number of imide groups is 1. The molecule has 146 valence electrons. The lowest BCUT2D eigenvalue weighted by atomic mass is 9.94. The van der Waals surface area contributed by atoms with E-state index in [1.54, 1.807) is 24.4 Å². The van der Waals surface area contributed by atoms with E-state index in [1.807, 2.05) is 0 Å². The second-order valence-corrected chi connectivity index (χ2v) is 6.51. The summed E-state index contributed by atoms with van der Waals surface area (Å²) < 4.78 is 16.5. The maximum absolute atomic E-state index is 12.8. The topological polar surface area (TPSA) is 114 Å². The number of aromatic amines is 1. The lowest BCUT2D eigenvalue weighted by Gasteiger charge is -2.16. The highest BCUT2D eigenvalue weighted by Gasteiger charge is 2.41. The zero-order valence-electron chi connectivity index (χ0n) is 15.7. The van der Waals surface area contributed by atoms with Crippen LogP contribution in [0.3, 0.4) is 0 Å². The minimum Gasteiger partial charge on any atom is -0.493 e. The molecule has 29 heavy (non-hydrogen) atoms. The SMILES string of the molecule is COc1cc2c3c(c4c5cccnc5[nH]c4c2c(OC)c1OC)C(=O)N(O)C3=O. The van der Waals surface area contributed by atoms with Crippen LogP contribution in [0.4, 0.5) is 0 Å². The number of benzene rings is 2. The molecule has 0 bridgehead atoms. The Hall–Kier alpha value is -3.85. The summed E-state index contributed by atoms with van der Waals surface area (Å²) in [6, 6.07) is 5.12. The molecule has 2 aromatic heterocycles. The lowest BCUT2D eigenvalue weighted by molar-refractivity contribution is -0.0325. The first kappa shape index (κ1) is 17.3. The number of hydroxylamine groups is 2. The van der Waals surface area contributed by atoms with Gasteiger partial charge in [-0.25, -0.2) is 4.98 Å². The van der Waals surface area contributed by atoms with Crippen molar-refractivity contribution in [3.63, 3.8) is 0 Å². The minimum atomic E-state index is -0.815. The van der Waals surface area contributed by atoms with Crippen molar-refractivity contribution in [2.24, 2.45) is 0 Å². The van der Waals surface area contributed by atoms with Crippen molar-refractivity contribution in [2.75, 3.05) is 21.3 Å².